The lowest BCUT2D eigenvalue weighted by molar-refractivity contribution is 0.291. The maximum absolute atomic E-state index is 5.70. The summed E-state index contributed by atoms with van der Waals surface area (Å²) in [5.74, 6) is 0.790. The second-order valence-corrected chi connectivity index (χ2v) is 4.17. The third-order valence-corrected chi connectivity index (χ3v) is 2.78. The zero-order chi connectivity index (χ0) is 13.5. The molecule has 18 heavy (non-hydrogen) atoms. The molecule has 0 radical (unpaired) electrons. The van der Waals surface area contributed by atoms with Gasteiger partial charge >= 0.3 is 6.01 Å². The molecule has 0 spiro atoms. The SMILES string of the molecule is CCCOc1nc(N)nc(N(CC)C(C)CC)n1. The first-order chi connectivity index (χ1) is 8.62. The van der Waals surface area contributed by atoms with E-state index in [1.807, 2.05) is 6.92 Å². The monoisotopic (exact) mass is 253 g/mol. The summed E-state index contributed by atoms with van der Waals surface area (Å²) in [7, 11) is 0. The first kappa shape index (κ1) is 14.5. The Kier molecular flexibility index (Phi) is 5.61. The Balaban J connectivity index is 2.95. The van der Waals surface area contributed by atoms with Gasteiger partial charge in [-0.15, -0.1) is 0 Å². The zero-order valence-corrected chi connectivity index (χ0v) is 11.7. The van der Waals surface area contributed by atoms with Crippen LogP contribution in [0.3, 0.4) is 0 Å². The van der Waals surface area contributed by atoms with Gasteiger partial charge in [0.2, 0.25) is 11.9 Å². The molecular weight excluding hydrogens is 230 g/mol. The van der Waals surface area contributed by atoms with Gasteiger partial charge < -0.3 is 15.4 Å². The van der Waals surface area contributed by atoms with Crippen LogP contribution in [0.5, 0.6) is 6.01 Å². The Hall–Kier alpha value is -1.59. The molecule has 0 fully saturated rings. The Labute approximate surface area is 109 Å². The lowest BCUT2D eigenvalue weighted by atomic mass is 10.2. The van der Waals surface area contributed by atoms with Crippen molar-refractivity contribution in [3.63, 3.8) is 0 Å². The number of hydrogen-bond donors (Lipinski definition) is 1. The molecule has 0 aliphatic rings. The highest BCUT2D eigenvalue weighted by Gasteiger charge is 2.16. The van der Waals surface area contributed by atoms with E-state index in [0.717, 1.165) is 19.4 Å². The topological polar surface area (TPSA) is 77.2 Å². The summed E-state index contributed by atoms with van der Waals surface area (Å²) in [6, 6.07) is 0.664. The van der Waals surface area contributed by atoms with Gasteiger partial charge in [-0.05, 0) is 26.7 Å². The highest BCUT2D eigenvalue weighted by atomic mass is 16.5. The number of rotatable bonds is 7. The van der Waals surface area contributed by atoms with E-state index in [9.17, 15) is 0 Å². The van der Waals surface area contributed by atoms with Gasteiger partial charge in [-0.25, -0.2) is 0 Å². The lowest BCUT2D eigenvalue weighted by Gasteiger charge is -2.27. The van der Waals surface area contributed by atoms with Gasteiger partial charge in [-0.3, -0.25) is 0 Å². The van der Waals surface area contributed by atoms with E-state index in [2.05, 4.69) is 40.6 Å². The maximum Gasteiger partial charge on any atom is 0.323 e. The fourth-order valence-corrected chi connectivity index (χ4v) is 1.62. The van der Waals surface area contributed by atoms with Gasteiger partial charge in [-0.1, -0.05) is 13.8 Å². The molecule has 6 nitrogen and oxygen atoms in total. The largest absolute Gasteiger partial charge is 0.463 e. The molecule has 0 amide bonds. The van der Waals surface area contributed by atoms with E-state index >= 15 is 0 Å². The van der Waals surface area contributed by atoms with Crippen LogP contribution < -0.4 is 15.4 Å². The van der Waals surface area contributed by atoms with E-state index in [-0.39, 0.29) is 5.95 Å². The summed E-state index contributed by atoms with van der Waals surface area (Å²) >= 11 is 0. The summed E-state index contributed by atoms with van der Waals surface area (Å²) < 4.78 is 5.42. The predicted molar refractivity (Wildman–Crippen MR) is 72.8 cm³/mol. The molecule has 1 atom stereocenters. The number of nitrogen functional groups attached to an aromatic ring is 1. The Morgan fingerprint density at radius 3 is 2.50 bits per heavy atom. The first-order valence-electron chi connectivity index (χ1n) is 6.53. The minimum Gasteiger partial charge on any atom is -0.463 e. The van der Waals surface area contributed by atoms with Crippen molar-refractivity contribution in [2.24, 2.45) is 0 Å². The Bertz CT molecular complexity index is 371. The molecule has 0 aromatic carbocycles. The van der Waals surface area contributed by atoms with E-state index in [1.54, 1.807) is 0 Å². The number of aromatic nitrogens is 3. The van der Waals surface area contributed by atoms with Crippen LogP contribution in [0.4, 0.5) is 11.9 Å². The fourth-order valence-electron chi connectivity index (χ4n) is 1.62. The van der Waals surface area contributed by atoms with Gasteiger partial charge in [0, 0.05) is 12.6 Å². The summed E-state index contributed by atoms with van der Waals surface area (Å²) in [4.78, 5) is 14.6. The van der Waals surface area contributed by atoms with Crippen molar-refractivity contribution in [2.75, 3.05) is 23.8 Å². The number of nitrogens with zero attached hydrogens (tertiary/aromatic N) is 4. The van der Waals surface area contributed by atoms with Crippen molar-refractivity contribution in [1.29, 1.82) is 0 Å². The summed E-state index contributed by atoms with van der Waals surface area (Å²) in [6.07, 6.45) is 1.92. The molecule has 0 saturated heterocycles. The highest BCUT2D eigenvalue weighted by molar-refractivity contribution is 5.36. The van der Waals surface area contributed by atoms with Crippen molar-refractivity contribution in [3.8, 4) is 6.01 Å². The van der Waals surface area contributed by atoms with Crippen molar-refractivity contribution in [3.05, 3.63) is 0 Å². The van der Waals surface area contributed by atoms with Crippen LogP contribution in [-0.2, 0) is 0 Å². The van der Waals surface area contributed by atoms with Gasteiger partial charge in [0.25, 0.3) is 0 Å². The van der Waals surface area contributed by atoms with Crippen molar-refractivity contribution in [2.45, 2.75) is 46.6 Å². The normalized spacial score (nSPS) is 12.2. The summed E-state index contributed by atoms with van der Waals surface area (Å²) in [5.41, 5.74) is 5.70. The number of anilines is 2. The van der Waals surface area contributed by atoms with Crippen molar-refractivity contribution >= 4 is 11.9 Å². The van der Waals surface area contributed by atoms with Crippen LogP contribution in [0.1, 0.15) is 40.5 Å². The second kappa shape index (κ2) is 6.98. The molecule has 2 N–H and O–H groups in total. The molecule has 0 bridgehead atoms. The first-order valence-corrected chi connectivity index (χ1v) is 6.53. The third-order valence-electron chi connectivity index (χ3n) is 2.78. The summed E-state index contributed by atoms with van der Waals surface area (Å²) in [6.45, 7) is 9.77. The third kappa shape index (κ3) is 3.72. The standard InChI is InChI=1S/C12H23N5O/c1-5-8-18-12-15-10(13)14-11(16-12)17(7-3)9(4)6-2/h9H,5-8H2,1-4H3,(H2,13,14,15,16). The molecule has 102 valence electrons. The Morgan fingerprint density at radius 2 is 1.94 bits per heavy atom. The van der Waals surface area contributed by atoms with E-state index in [1.165, 1.54) is 0 Å². The van der Waals surface area contributed by atoms with E-state index in [4.69, 9.17) is 10.5 Å². The van der Waals surface area contributed by atoms with Gasteiger partial charge in [-0.2, -0.15) is 15.0 Å². The van der Waals surface area contributed by atoms with E-state index < -0.39 is 0 Å². The highest BCUT2D eigenvalue weighted by Crippen LogP contribution is 2.17. The van der Waals surface area contributed by atoms with Gasteiger partial charge in [0.15, 0.2) is 0 Å². The second-order valence-electron chi connectivity index (χ2n) is 4.17. The molecule has 0 aliphatic heterocycles. The van der Waals surface area contributed by atoms with Crippen LogP contribution >= 0.6 is 0 Å². The minimum atomic E-state index is 0.202. The van der Waals surface area contributed by atoms with E-state index in [0.29, 0.717) is 24.6 Å². The average Bonchev–Trinajstić information content (AvgIpc) is 2.36. The molecular formula is C12H23N5O. The molecule has 0 aliphatic carbocycles. The average molecular weight is 253 g/mol. The van der Waals surface area contributed by atoms with Crippen LogP contribution in [0, 0.1) is 0 Å². The number of ether oxygens (including phenoxy) is 1. The van der Waals surface area contributed by atoms with Crippen molar-refractivity contribution < 1.29 is 4.74 Å². The number of nitrogens with two attached hydrogens (primary N) is 1. The molecule has 1 aromatic heterocycles. The smallest absolute Gasteiger partial charge is 0.323 e. The predicted octanol–water partition coefficient (Wildman–Crippen LogP) is 1.87. The molecule has 1 aromatic rings. The van der Waals surface area contributed by atoms with Gasteiger partial charge in [0.1, 0.15) is 0 Å². The summed E-state index contributed by atoms with van der Waals surface area (Å²) in [5, 5.41) is 0. The maximum atomic E-state index is 5.70. The Morgan fingerprint density at radius 1 is 1.22 bits per heavy atom. The van der Waals surface area contributed by atoms with Gasteiger partial charge in [0.05, 0.1) is 6.61 Å². The van der Waals surface area contributed by atoms with Crippen LogP contribution in [-0.4, -0.2) is 34.1 Å². The fraction of sp³-hybridized carbons (Fsp3) is 0.750. The van der Waals surface area contributed by atoms with Crippen molar-refractivity contribution in [1.82, 2.24) is 15.0 Å². The molecule has 1 unspecified atom stereocenters. The zero-order valence-electron chi connectivity index (χ0n) is 11.7. The quantitative estimate of drug-likeness (QED) is 0.799. The molecule has 6 heteroatoms. The number of hydrogen-bond acceptors (Lipinski definition) is 6. The molecule has 0 saturated carbocycles. The van der Waals surface area contributed by atoms with Crippen LogP contribution in [0.25, 0.3) is 0 Å². The minimum absolute atomic E-state index is 0.202. The van der Waals surface area contributed by atoms with Crippen LogP contribution in [0.15, 0.2) is 0 Å². The lowest BCUT2D eigenvalue weighted by Crippen LogP contribution is -2.34. The van der Waals surface area contributed by atoms with Crippen LogP contribution in [0.2, 0.25) is 0 Å². The molecule has 1 heterocycles. The molecule has 1 rings (SSSR count).